The first-order valence-corrected chi connectivity index (χ1v) is 4.68. The highest BCUT2D eigenvalue weighted by molar-refractivity contribution is 14.1. The molecule has 3 N–H and O–H groups in total. The first-order valence-electron chi connectivity index (χ1n) is 3.60. The third-order valence-electron chi connectivity index (χ3n) is 1.33. The van der Waals surface area contributed by atoms with Crippen LogP contribution in [-0.2, 0) is 4.79 Å². The van der Waals surface area contributed by atoms with Crippen molar-refractivity contribution >= 4 is 28.5 Å². The molecule has 0 unspecified atom stereocenters. The lowest BCUT2D eigenvalue weighted by molar-refractivity contribution is -0.123. The summed E-state index contributed by atoms with van der Waals surface area (Å²) in [5.74, 6) is 5.20. The summed E-state index contributed by atoms with van der Waals surface area (Å²) in [6, 6.07) is 7.42. The van der Waals surface area contributed by atoms with E-state index in [2.05, 4.69) is 22.6 Å². The molecule has 0 fully saturated rings. The number of carbonyl (C=O) groups excluding carboxylic acids is 1. The van der Waals surface area contributed by atoms with E-state index in [1.165, 1.54) is 0 Å². The predicted octanol–water partition coefficient (Wildman–Crippen LogP) is 0.660. The lowest BCUT2D eigenvalue weighted by atomic mass is 10.3. The standard InChI is InChI=1S/C8H9IN2O2/c9-6-2-1-3-7(4-6)13-5-8(12)11-10/h1-4H,5,10H2,(H,11,12). The van der Waals surface area contributed by atoms with E-state index in [-0.39, 0.29) is 12.5 Å². The van der Waals surface area contributed by atoms with Crippen LogP contribution in [0.3, 0.4) is 0 Å². The van der Waals surface area contributed by atoms with Crippen molar-refractivity contribution in [2.24, 2.45) is 5.84 Å². The van der Waals surface area contributed by atoms with E-state index in [4.69, 9.17) is 10.6 Å². The van der Waals surface area contributed by atoms with Crippen LogP contribution in [0.1, 0.15) is 0 Å². The number of benzene rings is 1. The first kappa shape index (κ1) is 10.3. The molecule has 1 aromatic carbocycles. The molecule has 0 aromatic heterocycles. The molecular formula is C8H9IN2O2. The van der Waals surface area contributed by atoms with Gasteiger partial charge >= 0.3 is 0 Å². The van der Waals surface area contributed by atoms with Gasteiger partial charge in [-0.05, 0) is 40.8 Å². The summed E-state index contributed by atoms with van der Waals surface area (Å²) >= 11 is 2.17. The van der Waals surface area contributed by atoms with Gasteiger partial charge in [-0.3, -0.25) is 10.2 Å². The molecule has 13 heavy (non-hydrogen) atoms. The van der Waals surface area contributed by atoms with E-state index < -0.39 is 0 Å². The zero-order chi connectivity index (χ0) is 9.68. The summed E-state index contributed by atoms with van der Waals surface area (Å²) in [6.07, 6.45) is 0. The minimum Gasteiger partial charge on any atom is -0.484 e. The van der Waals surface area contributed by atoms with Crippen LogP contribution in [0, 0.1) is 3.57 Å². The zero-order valence-corrected chi connectivity index (χ0v) is 8.95. The van der Waals surface area contributed by atoms with Gasteiger partial charge in [0.2, 0.25) is 0 Å². The van der Waals surface area contributed by atoms with Gasteiger partial charge in [-0.1, -0.05) is 6.07 Å². The molecule has 1 aromatic rings. The molecular weight excluding hydrogens is 283 g/mol. The number of hydrazine groups is 1. The summed E-state index contributed by atoms with van der Waals surface area (Å²) in [5, 5.41) is 0. The van der Waals surface area contributed by atoms with Crippen molar-refractivity contribution in [2.75, 3.05) is 6.61 Å². The minimum atomic E-state index is -0.348. The summed E-state index contributed by atoms with van der Waals surface area (Å²) in [4.78, 5) is 10.7. The summed E-state index contributed by atoms with van der Waals surface area (Å²) in [6.45, 7) is -0.0589. The Bertz CT molecular complexity index is 304. The van der Waals surface area contributed by atoms with Gasteiger partial charge in [-0.25, -0.2) is 5.84 Å². The molecule has 1 amide bonds. The molecule has 0 radical (unpaired) electrons. The van der Waals surface area contributed by atoms with Crippen LogP contribution in [0.4, 0.5) is 0 Å². The molecule has 0 aliphatic heterocycles. The van der Waals surface area contributed by atoms with E-state index in [9.17, 15) is 4.79 Å². The number of amides is 1. The largest absolute Gasteiger partial charge is 0.484 e. The number of hydrogen-bond donors (Lipinski definition) is 2. The molecule has 0 saturated heterocycles. The molecule has 0 heterocycles. The lowest BCUT2D eigenvalue weighted by Gasteiger charge is -2.04. The predicted molar refractivity (Wildman–Crippen MR) is 57.0 cm³/mol. The fourth-order valence-electron chi connectivity index (χ4n) is 0.747. The highest BCUT2D eigenvalue weighted by Crippen LogP contribution is 2.14. The Morgan fingerprint density at radius 2 is 2.38 bits per heavy atom. The Labute approximate surface area is 89.6 Å². The molecule has 0 aliphatic carbocycles. The van der Waals surface area contributed by atoms with Crippen molar-refractivity contribution in [2.45, 2.75) is 0 Å². The second-order valence-electron chi connectivity index (χ2n) is 2.31. The summed E-state index contributed by atoms with van der Waals surface area (Å²) < 4.78 is 6.20. The maximum absolute atomic E-state index is 10.7. The maximum Gasteiger partial charge on any atom is 0.271 e. The van der Waals surface area contributed by atoms with Crippen LogP contribution >= 0.6 is 22.6 Å². The fourth-order valence-corrected chi connectivity index (χ4v) is 1.26. The third-order valence-corrected chi connectivity index (χ3v) is 2.00. The van der Waals surface area contributed by atoms with Crippen LogP contribution in [0.15, 0.2) is 24.3 Å². The maximum atomic E-state index is 10.7. The molecule has 5 heteroatoms. The fraction of sp³-hybridized carbons (Fsp3) is 0.125. The topological polar surface area (TPSA) is 64.3 Å². The second-order valence-corrected chi connectivity index (χ2v) is 3.56. The van der Waals surface area contributed by atoms with Crippen molar-refractivity contribution in [3.05, 3.63) is 27.8 Å². The van der Waals surface area contributed by atoms with Gasteiger partial charge in [0.1, 0.15) is 5.75 Å². The molecule has 1 rings (SSSR count). The van der Waals surface area contributed by atoms with Crippen LogP contribution < -0.4 is 16.0 Å². The number of halogens is 1. The zero-order valence-electron chi connectivity index (χ0n) is 6.79. The Hall–Kier alpha value is -0.820. The smallest absolute Gasteiger partial charge is 0.271 e. The summed E-state index contributed by atoms with van der Waals surface area (Å²) in [7, 11) is 0. The van der Waals surface area contributed by atoms with Crippen molar-refractivity contribution in [3.63, 3.8) is 0 Å². The number of nitrogens with two attached hydrogens (primary N) is 1. The highest BCUT2D eigenvalue weighted by Gasteiger charge is 1.99. The average molecular weight is 292 g/mol. The van der Waals surface area contributed by atoms with E-state index in [1.54, 1.807) is 6.07 Å². The van der Waals surface area contributed by atoms with E-state index in [0.717, 1.165) is 3.57 Å². The van der Waals surface area contributed by atoms with E-state index in [1.807, 2.05) is 23.6 Å². The number of hydrogen-bond acceptors (Lipinski definition) is 3. The van der Waals surface area contributed by atoms with Crippen molar-refractivity contribution in [1.29, 1.82) is 0 Å². The van der Waals surface area contributed by atoms with Gasteiger partial charge in [0.15, 0.2) is 6.61 Å². The van der Waals surface area contributed by atoms with Gasteiger partial charge in [0.05, 0.1) is 0 Å². The minimum absolute atomic E-state index is 0.0589. The lowest BCUT2D eigenvalue weighted by Crippen LogP contribution is -2.34. The average Bonchev–Trinajstić information content (AvgIpc) is 2.14. The Balaban J connectivity index is 2.50. The van der Waals surface area contributed by atoms with Crippen molar-refractivity contribution < 1.29 is 9.53 Å². The van der Waals surface area contributed by atoms with Gasteiger partial charge in [-0.2, -0.15) is 0 Å². The van der Waals surface area contributed by atoms with Crippen LogP contribution in [-0.4, -0.2) is 12.5 Å². The van der Waals surface area contributed by atoms with Gasteiger partial charge in [0, 0.05) is 3.57 Å². The second kappa shape index (κ2) is 5.03. The Morgan fingerprint density at radius 1 is 1.62 bits per heavy atom. The molecule has 0 atom stereocenters. The number of nitrogens with one attached hydrogen (secondary N) is 1. The molecule has 0 spiro atoms. The Morgan fingerprint density at radius 3 is 3.00 bits per heavy atom. The number of ether oxygens (including phenoxy) is 1. The quantitative estimate of drug-likeness (QED) is 0.372. The number of carbonyl (C=O) groups is 1. The van der Waals surface area contributed by atoms with Gasteiger partial charge in [-0.15, -0.1) is 0 Å². The molecule has 70 valence electrons. The summed E-state index contributed by atoms with van der Waals surface area (Å²) in [5.41, 5.74) is 1.98. The molecule has 4 nitrogen and oxygen atoms in total. The van der Waals surface area contributed by atoms with Crippen LogP contribution in [0.5, 0.6) is 5.75 Å². The normalized spacial score (nSPS) is 9.38. The molecule has 0 saturated carbocycles. The molecule has 0 bridgehead atoms. The van der Waals surface area contributed by atoms with Crippen LogP contribution in [0.25, 0.3) is 0 Å². The SMILES string of the molecule is NNC(=O)COc1cccc(I)c1. The first-order chi connectivity index (χ1) is 6.22. The van der Waals surface area contributed by atoms with Crippen LogP contribution in [0.2, 0.25) is 0 Å². The van der Waals surface area contributed by atoms with E-state index in [0.29, 0.717) is 5.75 Å². The van der Waals surface area contributed by atoms with Crippen molar-refractivity contribution in [3.8, 4) is 5.75 Å². The van der Waals surface area contributed by atoms with E-state index >= 15 is 0 Å². The Kier molecular flexibility index (Phi) is 3.97. The molecule has 0 aliphatic rings. The monoisotopic (exact) mass is 292 g/mol. The number of rotatable bonds is 3. The van der Waals surface area contributed by atoms with Gasteiger partial charge in [0.25, 0.3) is 5.91 Å². The van der Waals surface area contributed by atoms with Gasteiger partial charge < -0.3 is 4.74 Å². The van der Waals surface area contributed by atoms with Crippen molar-refractivity contribution in [1.82, 2.24) is 5.43 Å². The highest BCUT2D eigenvalue weighted by atomic mass is 127. The third kappa shape index (κ3) is 3.60.